The normalized spacial score (nSPS) is 49.2. The molecule has 1 unspecified atom stereocenters. The third kappa shape index (κ3) is 0.992. The van der Waals surface area contributed by atoms with E-state index < -0.39 is 6.58 Å². The van der Waals surface area contributed by atoms with Crippen LogP contribution < -0.4 is 5.73 Å². The van der Waals surface area contributed by atoms with Gasteiger partial charge in [-0.3, -0.25) is 0 Å². The van der Waals surface area contributed by atoms with E-state index in [0.717, 1.165) is 0 Å². The average molecular weight is 119 g/mol. The van der Waals surface area contributed by atoms with Crippen LogP contribution in [-0.4, -0.2) is 30.4 Å². The summed E-state index contributed by atoms with van der Waals surface area (Å²) < 4.78 is 12.0. The van der Waals surface area contributed by atoms with Gasteiger partial charge in [0.1, 0.15) is 0 Å². The van der Waals surface area contributed by atoms with Crippen molar-refractivity contribution in [3.63, 3.8) is 0 Å². The van der Waals surface area contributed by atoms with Crippen LogP contribution in [0.15, 0.2) is 0 Å². The summed E-state index contributed by atoms with van der Waals surface area (Å²) in [5, 5.41) is 8.57. The van der Waals surface area contributed by atoms with Crippen LogP contribution in [0.5, 0.6) is 0 Å². The standard InChI is InChI=1S/C5H11NO2/c6-4-1-2-8-5(4)3-7/h4-5,7H,1-3,6H2/t4?,5-/m1/s1/i2T/t2-,4?,5+/m0. The van der Waals surface area contributed by atoms with Crippen LogP contribution >= 0.6 is 0 Å². The molecule has 1 fully saturated rings. The largest absolute Gasteiger partial charge is 0.394 e. The third-order valence-electron chi connectivity index (χ3n) is 1.30. The highest BCUT2D eigenvalue weighted by Gasteiger charge is 2.23. The number of rotatable bonds is 1. The Morgan fingerprint density at radius 3 is 3.00 bits per heavy atom. The predicted octanol–water partition coefficient (Wildman–Crippen LogP) is -0.905. The first-order valence-electron chi connectivity index (χ1n) is 3.26. The van der Waals surface area contributed by atoms with Gasteiger partial charge in [-0.2, -0.15) is 0 Å². The Morgan fingerprint density at radius 1 is 2.00 bits per heavy atom. The molecule has 1 saturated heterocycles. The van der Waals surface area contributed by atoms with Crippen molar-refractivity contribution in [3.05, 3.63) is 0 Å². The van der Waals surface area contributed by atoms with Crippen molar-refractivity contribution in [2.45, 2.75) is 18.6 Å². The van der Waals surface area contributed by atoms with Gasteiger partial charge in [0.15, 0.2) is 0 Å². The molecule has 1 rings (SSSR count). The van der Waals surface area contributed by atoms with Crippen LogP contribution in [0.1, 0.15) is 7.79 Å². The van der Waals surface area contributed by atoms with Crippen LogP contribution in [0.4, 0.5) is 0 Å². The molecule has 3 heteroatoms. The highest BCUT2D eigenvalue weighted by Crippen LogP contribution is 2.09. The number of aliphatic hydroxyl groups excluding tert-OH is 1. The summed E-state index contributed by atoms with van der Waals surface area (Å²) in [6.45, 7) is -0.603. The van der Waals surface area contributed by atoms with E-state index in [4.69, 9.17) is 16.9 Å². The molecule has 3 atom stereocenters. The minimum Gasteiger partial charge on any atom is -0.394 e. The fourth-order valence-corrected chi connectivity index (χ4v) is 0.721. The molecule has 0 bridgehead atoms. The Kier molecular flexibility index (Phi) is 1.44. The Bertz CT molecular complexity index is 101. The second-order valence-corrected chi connectivity index (χ2v) is 1.92. The maximum absolute atomic E-state index is 8.57. The van der Waals surface area contributed by atoms with Gasteiger partial charge in [-0.25, -0.2) is 0 Å². The lowest BCUT2D eigenvalue weighted by Crippen LogP contribution is -2.32. The fraction of sp³-hybridized carbons (Fsp3) is 1.00. The molecule has 0 aliphatic carbocycles. The van der Waals surface area contributed by atoms with Crippen molar-refractivity contribution in [1.29, 1.82) is 0 Å². The maximum Gasteiger partial charge on any atom is 0.0956 e. The lowest BCUT2D eigenvalue weighted by atomic mass is 10.2. The number of hydrogen-bond donors (Lipinski definition) is 2. The van der Waals surface area contributed by atoms with Gasteiger partial charge in [-0.05, 0) is 6.42 Å². The number of nitrogens with two attached hydrogens (primary N) is 1. The van der Waals surface area contributed by atoms with Crippen LogP contribution in [0, 0.1) is 0 Å². The zero-order valence-electron chi connectivity index (χ0n) is 5.58. The lowest BCUT2D eigenvalue weighted by Gasteiger charge is -2.08. The molecule has 1 aliphatic heterocycles. The average Bonchev–Trinajstić information content (AvgIpc) is 2.10. The Balaban J connectivity index is 2.38. The maximum atomic E-state index is 8.57. The van der Waals surface area contributed by atoms with Gasteiger partial charge in [0.2, 0.25) is 0 Å². The smallest absolute Gasteiger partial charge is 0.0956 e. The highest BCUT2D eigenvalue weighted by atomic mass is 16.5. The summed E-state index contributed by atoms with van der Waals surface area (Å²) in [6, 6.07) is -0.155. The zero-order valence-corrected chi connectivity index (χ0v) is 4.58. The monoisotopic (exact) mass is 119 g/mol. The fourth-order valence-electron chi connectivity index (χ4n) is 0.721. The first-order chi connectivity index (χ1) is 4.24. The summed E-state index contributed by atoms with van der Waals surface area (Å²) in [7, 11) is 0. The van der Waals surface area contributed by atoms with E-state index in [1.165, 1.54) is 0 Å². The lowest BCUT2D eigenvalue weighted by molar-refractivity contribution is 0.0528. The Morgan fingerprint density at radius 2 is 2.75 bits per heavy atom. The minimum atomic E-state index is -0.530. The van der Waals surface area contributed by atoms with E-state index in [1.54, 1.807) is 0 Å². The summed E-state index contributed by atoms with van der Waals surface area (Å²) >= 11 is 0. The van der Waals surface area contributed by atoms with Gasteiger partial charge in [0.05, 0.1) is 14.1 Å². The molecule has 8 heavy (non-hydrogen) atoms. The van der Waals surface area contributed by atoms with Crippen LogP contribution in [0.3, 0.4) is 0 Å². The van der Waals surface area contributed by atoms with E-state index in [9.17, 15) is 0 Å². The van der Waals surface area contributed by atoms with Crippen LogP contribution in [-0.2, 0) is 4.74 Å². The molecule has 0 aromatic carbocycles. The van der Waals surface area contributed by atoms with E-state index in [1.807, 2.05) is 0 Å². The molecule has 0 aromatic heterocycles. The van der Waals surface area contributed by atoms with Crippen molar-refractivity contribution in [3.8, 4) is 0 Å². The summed E-state index contributed by atoms with van der Waals surface area (Å²) in [6.07, 6.45) is 0.220. The van der Waals surface area contributed by atoms with E-state index >= 15 is 0 Å². The number of aliphatic hydroxyl groups is 1. The molecule has 3 nitrogen and oxygen atoms in total. The molecule has 48 valence electrons. The van der Waals surface area contributed by atoms with Crippen LogP contribution in [0.25, 0.3) is 0 Å². The van der Waals surface area contributed by atoms with Gasteiger partial charge in [-0.1, -0.05) is 0 Å². The van der Waals surface area contributed by atoms with Gasteiger partial charge >= 0.3 is 0 Å². The van der Waals surface area contributed by atoms with Crippen molar-refractivity contribution in [2.24, 2.45) is 5.73 Å². The summed E-state index contributed by atoms with van der Waals surface area (Å²) in [4.78, 5) is 0. The molecule has 1 aliphatic rings. The second kappa shape index (κ2) is 2.44. The van der Waals surface area contributed by atoms with Gasteiger partial charge in [0.25, 0.3) is 0 Å². The van der Waals surface area contributed by atoms with Crippen LogP contribution in [0.2, 0.25) is 0 Å². The van der Waals surface area contributed by atoms with E-state index in [2.05, 4.69) is 0 Å². The number of ether oxygens (including phenoxy) is 1. The highest BCUT2D eigenvalue weighted by molar-refractivity contribution is 4.77. The second-order valence-electron chi connectivity index (χ2n) is 1.92. The predicted molar refractivity (Wildman–Crippen MR) is 29.4 cm³/mol. The molecule has 0 amide bonds. The van der Waals surface area contributed by atoms with Gasteiger partial charge < -0.3 is 15.6 Å². The van der Waals surface area contributed by atoms with Crippen molar-refractivity contribution >= 4 is 0 Å². The molecule has 0 saturated carbocycles. The zero-order chi connectivity index (χ0) is 6.85. The molecule has 0 spiro atoms. The quantitative estimate of drug-likeness (QED) is 0.470. The molecule has 3 N–H and O–H groups in total. The van der Waals surface area contributed by atoms with E-state index in [0.29, 0.717) is 6.42 Å². The molecule has 0 aromatic rings. The van der Waals surface area contributed by atoms with Crippen molar-refractivity contribution < 1.29 is 11.2 Å². The molecular weight excluding hydrogens is 106 g/mol. The summed E-state index contributed by atoms with van der Waals surface area (Å²) in [5.41, 5.74) is 5.47. The molecule has 1 heterocycles. The number of hydrogen-bond acceptors (Lipinski definition) is 3. The van der Waals surface area contributed by atoms with E-state index in [-0.39, 0.29) is 18.8 Å². The van der Waals surface area contributed by atoms with Crippen molar-refractivity contribution in [1.82, 2.24) is 0 Å². The first-order valence-corrected chi connectivity index (χ1v) is 2.68. The van der Waals surface area contributed by atoms with Gasteiger partial charge in [0, 0.05) is 12.6 Å². The SMILES string of the molecule is [3H][C@H]1CC(N)[C@@H](CO)O1. The topological polar surface area (TPSA) is 55.5 Å². The molecule has 0 radical (unpaired) electrons. The molecular formula is C5H11NO2. The first kappa shape index (κ1) is 4.73. The third-order valence-corrected chi connectivity index (χ3v) is 1.30. The summed E-state index contributed by atoms with van der Waals surface area (Å²) in [5.74, 6) is 0. The van der Waals surface area contributed by atoms with Gasteiger partial charge in [-0.15, -0.1) is 0 Å². The van der Waals surface area contributed by atoms with Crippen molar-refractivity contribution in [2.75, 3.05) is 13.2 Å². The Hall–Kier alpha value is -0.120. The Labute approximate surface area is 49.8 Å². The minimum absolute atomic E-state index is 0.0729.